The van der Waals surface area contributed by atoms with Gasteiger partial charge in [-0.25, -0.2) is 9.97 Å². The lowest BCUT2D eigenvalue weighted by Gasteiger charge is -2.04. The maximum absolute atomic E-state index is 5.84. The van der Waals surface area contributed by atoms with Crippen LogP contribution in [0, 0.1) is 6.92 Å². The van der Waals surface area contributed by atoms with Gasteiger partial charge in [0, 0.05) is 12.1 Å². The van der Waals surface area contributed by atoms with Crippen LogP contribution < -0.4 is 0 Å². The fourth-order valence-corrected chi connectivity index (χ4v) is 2.88. The average Bonchev–Trinajstić information content (AvgIpc) is 3.09. The zero-order valence-electron chi connectivity index (χ0n) is 12.7. The van der Waals surface area contributed by atoms with Crippen LogP contribution >= 0.6 is 0 Å². The highest BCUT2D eigenvalue weighted by Gasteiger charge is 2.11. The zero-order valence-corrected chi connectivity index (χ0v) is 12.7. The largest absolute Gasteiger partial charge is 0.436 e. The van der Waals surface area contributed by atoms with Crippen molar-refractivity contribution in [3.8, 4) is 11.5 Å². The van der Waals surface area contributed by atoms with Crippen LogP contribution in [0.2, 0.25) is 0 Å². The first-order chi connectivity index (χ1) is 10.8. The van der Waals surface area contributed by atoms with Gasteiger partial charge in [-0.05, 0) is 43.7 Å². The molecule has 4 heteroatoms. The van der Waals surface area contributed by atoms with Gasteiger partial charge in [-0.1, -0.05) is 19.1 Å². The molecule has 2 aromatic carbocycles. The lowest BCUT2D eigenvalue weighted by molar-refractivity contribution is 0.620. The highest BCUT2D eigenvalue weighted by Crippen LogP contribution is 2.27. The Morgan fingerprint density at radius 1 is 1.05 bits per heavy atom. The highest BCUT2D eigenvalue weighted by molar-refractivity contribution is 5.83. The molecule has 0 spiro atoms. The van der Waals surface area contributed by atoms with Crippen molar-refractivity contribution < 1.29 is 4.42 Å². The molecule has 0 saturated carbocycles. The first kappa shape index (κ1) is 13.1. The number of rotatable bonds is 3. The number of aryl methyl sites for hydroxylation is 2. The van der Waals surface area contributed by atoms with Gasteiger partial charge in [0.25, 0.3) is 0 Å². The minimum absolute atomic E-state index is 0.644. The second-order valence-corrected chi connectivity index (χ2v) is 5.50. The summed E-state index contributed by atoms with van der Waals surface area (Å²) < 4.78 is 8.10. The number of hydrogen-bond donors (Lipinski definition) is 0. The Kier molecular flexibility index (Phi) is 2.96. The molecule has 0 atom stereocenters. The smallest absolute Gasteiger partial charge is 0.227 e. The van der Waals surface area contributed by atoms with Crippen LogP contribution in [-0.2, 0) is 6.54 Å². The summed E-state index contributed by atoms with van der Waals surface area (Å²) in [6.07, 6.45) is 1.10. The lowest BCUT2D eigenvalue weighted by atomic mass is 10.2. The Morgan fingerprint density at radius 2 is 1.91 bits per heavy atom. The second-order valence-electron chi connectivity index (χ2n) is 5.50. The Hall–Kier alpha value is -2.62. The number of hydrogen-bond acceptors (Lipinski definition) is 3. The third-order valence-electron chi connectivity index (χ3n) is 3.93. The fourth-order valence-electron chi connectivity index (χ4n) is 2.88. The SMILES string of the molecule is CCCn1c(C)nc2cc(-c3nc4ccccc4o3)ccc21. The number of aromatic nitrogens is 3. The number of para-hydroxylation sites is 2. The van der Waals surface area contributed by atoms with Crippen LogP contribution in [0.4, 0.5) is 0 Å². The third-order valence-corrected chi connectivity index (χ3v) is 3.93. The number of benzene rings is 2. The summed E-state index contributed by atoms with van der Waals surface area (Å²) in [6.45, 7) is 5.22. The maximum atomic E-state index is 5.84. The van der Waals surface area contributed by atoms with Gasteiger partial charge in [-0.15, -0.1) is 0 Å². The molecule has 0 aliphatic rings. The number of oxazole rings is 1. The summed E-state index contributed by atoms with van der Waals surface area (Å²) >= 11 is 0. The average molecular weight is 291 g/mol. The molecule has 0 bridgehead atoms. The zero-order chi connectivity index (χ0) is 15.1. The van der Waals surface area contributed by atoms with Crippen LogP contribution in [0.15, 0.2) is 46.9 Å². The van der Waals surface area contributed by atoms with E-state index in [2.05, 4.69) is 46.6 Å². The quantitative estimate of drug-likeness (QED) is 0.555. The van der Waals surface area contributed by atoms with Crippen molar-refractivity contribution in [3.05, 3.63) is 48.3 Å². The van der Waals surface area contributed by atoms with E-state index in [0.717, 1.165) is 41.0 Å². The van der Waals surface area contributed by atoms with Crippen LogP contribution in [0.25, 0.3) is 33.6 Å². The summed E-state index contributed by atoms with van der Waals surface area (Å²) in [4.78, 5) is 9.22. The van der Waals surface area contributed by atoms with E-state index in [1.165, 1.54) is 5.52 Å². The first-order valence-electron chi connectivity index (χ1n) is 7.59. The van der Waals surface area contributed by atoms with E-state index in [0.29, 0.717) is 5.89 Å². The van der Waals surface area contributed by atoms with Crippen LogP contribution in [0.1, 0.15) is 19.2 Å². The molecule has 0 aliphatic heterocycles. The molecule has 0 saturated heterocycles. The van der Waals surface area contributed by atoms with E-state index in [1.54, 1.807) is 0 Å². The molecule has 2 aromatic heterocycles. The van der Waals surface area contributed by atoms with E-state index in [9.17, 15) is 0 Å². The predicted octanol–water partition coefficient (Wildman–Crippen LogP) is 4.56. The normalized spacial score (nSPS) is 11.5. The molecule has 0 aliphatic carbocycles. The van der Waals surface area contributed by atoms with Gasteiger partial charge in [-0.3, -0.25) is 0 Å². The first-order valence-corrected chi connectivity index (χ1v) is 7.59. The standard InChI is InChI=1S/C18H17N3O/c1-3-10-21-12(2)19-15-11-13(8-9-16(15)21)18-20-14-6-4-5-7-17(14)22-18/h4-9,11H,3,10H2,1-2H3. The molecular formula is C18H17N3O. The Morgan fingerprint density at radius 3 is 2.73 bits per heavy atom. The monoisotopic (exact) mass is 291 g/mol. The van der Waals surface area contributed by atoms with Crippen molar-refractivity contribution in [2.75, 3.05) is 0 Å². The molecule has 0 radical (unpaired) electrons. The van der Waals surface area contributed by atoms with E-state index >= 15 is 0 Å². The minimum Gasteiger partial charge on any atom is -0.436 e. The van der Waals surface area contributed by atoms with E-state index < -0.39 is 0 Å². The molecule has 22 heavy (non-hydrogen) atoms. The van der Waals surface area contributed by atoms with E-state index in [1.807, 2.05) is 24.3 Å². The van der Waals surface area contributed by atoms with Crippen molar-refractivity contribution in [2.45, 2.75) is 26.8 Å². The number of nitrogens with zero attached hydrogens (tertiary/aromatic N) is 3. The molecule has 0 fully saturated rings. The van der Waals surface area contributed by atoms with Crippen molar-refractivity contribution in [3.63, 3.8) is 0 Å². The summed E-state index contributed by atoms with van der Waals surface area (Å²) in [5.41, 5.74) is 4.81. The van der Waals surface area contributed by atoms with Gasteiger partial charge in [0.05, 0.1) is 11.0 Å². The Bertz CT molecular complexity index is 932. The van der Waals surface area contributed by atoms with Crippen molar-refractivity contribution in [2.24, 2.45) is 0 Å². The van der Waals surface area contributed by atoms with Crippen LogP contribution in [0.3, 0.4) is 0 Å². The van der Waals surface area contributed by atoms with Gasteiger partial charge in [-0.2, -0.15) is 0 Å². The number of fused-ring (bicyclic) bond motifs is 2. The predicted molar refractivity (Wildman–Crippen MR) is 87.8 cm³/mol. The van der Waals surface area contributed by atoms with Crippen LogP contribution in [-0.4, -0.2) is 14.5 Å². The summed E-state index contributed by atoms with van der Waals surface area (Å²) in [5.74, 6) is 1.69. The molecule has 0 unspecified atom stereocenters. The molecule has 4 aromatic rings. The van der Waals surface area contributed by atoms with Gasteiger partial charge < -0.3 is 8.98 Å². The molecule has 0 amide bonds. The Balaban J connectivity index is 1.85. The van der Waals surface area contributed by atoms with Gasteiger partial charge in [0.15, 0.2) is 5.58 Å². The van der Waals surface area contributed by atoms with Crippen LogP contribution in [0.5, 0.6) is 0 Å². The molecule has 4 rings (SSSR count). The fraction of sp³-hybridized carbons (Fsp3) is 0.222. The summed E-state index contributed by atoms with van der Waals surface area (Å²) in [5, 5.41) is 0. The van der Waals surface area contributed by atoms with E-state index in [-0.39, 0.29) is 0 Å². The molecule has 4 nitrogen and oxygen atoms in total. The topological polar surface area (TPSA) is 43.9 Å². The molecule has 2 heterocycles. The highest BCUT2D eigenvalue weighted by atomic mass is 16.3. The van der Waals surface area contributed by atoms with Crippen molar-refractivity contribution >= 4 is 22.1 Å². The van der Waals surface area contributed by atoms with E-state index in [4.69, 9.17) is 4.42 Å². The van der Waals surface area contributed by atoms with Gasteiger partial charge in [0.1, 0.15) is 11.3 Å². The molecule has 0 N–H and O–H groups in total. The molecular weight excluding hydrogens is 274 g/mol. The number of imidazole rings is 1. The van der Waals surface area contributed by atoms with Gasteiger partial charge >= 0.3 is 0 Å². The second kappa shape index (κ2) is 4.98. The van der Waals surface area contributed by atoms with Gasteiger partial charge in [0.2, 0.25) is 5.89 Å². The lowest BCUT2D eigenvalue weighted by Crippen LogP contribution is -1.98. The minimum atomic E-state index is 0.644. The van der Waals surface area contributed by atoms with Crippen molar-refractivity contribution in [1.82, 2.24) is 14.5 Å². The Labute approximate surface area is 128 Å². The maximum Gasteiger partial charge on any atom is 0.227 e. The van der Waals surface area contributed by atoms with Crippen molar-refractivity contribution in [1.29, 1.82) is 0 Å². The molecule has 110 valence electrons. The third kappa shape index (κ3) is 1.99. The summed E-state index contributed by atoms with van der Waals surface area (Å²) in [6, 6.07) is 14.0. The summed E-state index contributed by atoms with van der Waals surface area (Å²) in [7, 11) is 0.